The summed E-state index contributed by atoms with van der Waals surface area (Å²) in [5.41, 5.74) is 1.05. The van der Waals surface area contributed by atoms with Gasteiger partial charge < -0.3 is 5.32 Å². The van der Waals surface area contributed by atoms with E-state index in [4.69, 9.17) is 0 Å². The quantitative estimate of drug-likeness (QED) is 0.803. The molecule has 3 aromatic rings. The van der Waals surface area contributed by atoms with Crippen molar-refractivity contribution >= 4 is 11.6 Å². The number of aromatic nitrogens is 5. The average Bonchev–Trinajstić information content (AvgIpc) is 3.18. The molecule has 0 aliphatic heterocycles. The molecule has 1 saturated carbocycles. The Bertz CT molecular complexity index is 819. The molecule has 0 unspecified atom stereocenters. The highest BCUT2D eigenvalue weighted by Crippen LogP contribution is 2.31. The number of hydrogen-bond acceptors (Lipinski definition) is 4. The van der Waals surface area contributed by atoms with Gasteiger partial charge in [0.1, 0.15) is 17.8 Å². The number of carbonyl (C=O) groups excluding carboxylic acids is 1. The maximum Gasteiger partial charge on any atom is 0.274 e. The topological polar surface area (TPSA) is 77.6 Å². The first-order valence-corrected chi connectivity index (χ1v) is 7.60. The highest BCUT2D eigenvalue weighted by atomic mass is 16.1. The summed E-state index contributed by atoms with van der Waals surface area (Å²) in [5.74, 6) is 0.403. The first kappa shape index (κ1) is 13.7. The molecule has 3 aromatic heterocycles. The average molecular weight is 308 g/mol. The summed E-state index contributed by atoms with van der Waals surface area (Å²) in [6.45, 7) is 0. The smallest absolute Gasteiger partial charge is 0.274 e. The van der Waals surface area contributed by atoms with Crippen LogP contribution in [-0.2, 0) is 0 Å². The van der Waals surface area contributed by atoms with E-state index >= 15 is 0 Å². The molecule has 116 valence electrons. The second kappa shape index (κ2) is 5.68. The molecule has 4 rings (SSSR count). The Hall–Kier alpha value is -2.96. The summed E-state index contributed by atoms with van der Waals surface area (Å²) in [5, 5.41) is 7.16. The van der Waals surface area contributed by atoms with Gasteiger partial charge in [-0.15, -0.1) is 0 Å². The standard InChI is InChI=1S/C16H16N6O/c23-16(19-12-9-18-22(10-12)13-3-1-4-13)14-5-2-6-15(20-14)21-8-7-17-11-21/h2,5-11,13H,1,3-4H2,(H,19,23). The molecule has 1 N–H and O–H groups in total. The lowest BCUT2D eigenvalue weighted by atomic mass is 9.93. The van der Waals surface area contributed by atoms with Crippen molar-refractivity contribution in [3.8, 4) is 5.82 Å². The van der Waals surface area contributed by atoms with E-state index in [2.05, 4.69) is 20.4 Å². The van der Waals surface area contributed by atoms with Gasteiger partial charge in [-0.3, -0.25) is 14.0 Å². The van der Waals surface area contributed by atoms with E-state index < -0.39 is 0 Å². The van der Waals surface area contributed by atoms with E-state index in [9.17, 15) is 4.79 Å². The number of nitrogens with zero attached hydrogens (tertiary/aromatic N) is 5. The molecule has 1 aliphatic rings. The molecule has 0 radical (unpaired) electrons. The monoisotopic (exact) mass is 308 g/mol. The Labute approximate surface area is 133 Å². The van der Waals surface area contributed by atoms with Gasteiger partial charge in [0.15, 0.2) is 0 Å². The maximum atomic E-state index is 12.4. The third-order valence-electron chi connectivity index (χ3n) is 4.04. The molecule has 1 fully saturated rings. The third-order valence-corrected chi connectivity index (χ3v) is 4.04. The molecule has 7 nitrogen and oxygen atoms in total. The SMILES string of the molecule is O=C(Nc1cnn(C2CCC2)c1)c1cccc(-n2ccnc2)n1. The van der Waals surface area contributed by atoms with Crippen molar-refractivity contribution in [1.29, 1.82) is 0 Å². The minimum atomic E-state index is -0.250. The van der Waals surface area contributed by atoms with Crippen LogP contribution in [0, 0.1) is 0 Å². The van der Waals surface area contributed by atoms with Crippen molar-refractivity contribution in [3.63, 3.8) is 0 Å². The fraction of sp³-hybridized carbons (Fsp3) is 0.250. The Kier molecular flexibility index (Phi) is 3.38. The fourth-order valence-electron chi connectivity index (χ4n) is 2.54. The highest BCUT2D eigenvalue weighted by molar-refractivity contribution is 6.02. The zero-order valence-corrected chi connectivity index (χ0v) is 12.5. The van der Waals surface area contributed by atoms with Crippen molar-refractivity contribution in [1.82, 2.24) is 24.3 Å². The summed E-state index contributed by atoms with van der Waals surface area (Å²) in [7, 11) is 0. The largest absolute Gasteiger partial charge is 0.318 e. The van der Waals surface area contributed by atoms with Gasteiger partial charge in [0.2, 0.25) is 0 Å². The van der Waals surface area contributed by atoms with E-state index in [1.807, 2.05) is 16.9 Å². The third kappa shape index (κ3) is 2.73. The van der Waals surface area contributed by atoms with E-state index in [-0.39, 0.29) is 5.91 Å². The van der Waals surface area contributed by atoms with E-state index in [1.165, 1.54) is 6.42 Å². The number of anilines is 1. The zero-order valence-electron chi connectivity index (χ0n) is 12.5. The Morgan fingerprint density at radius 3 is 2.96 bits per heavy atom. The summed E-state index contributed by atoms with van der Waals surface area (Å²) < 4.78 is 3.68. The first-order chi connectivity index (χ1) is 11.3. The zero-order chi connectivity index (χ0) is 15.6. The van der Waals surface area contributed by atoms with E-state index in [1.54, 1.807) is 41.6 Å². The lowest BCUT2D eigenvalue weighted by Gasteiger charge is -2.25. The van der Waals surface area contributed by atoms with Crippen molar-refractivity contribution in [3.05, 3.63) is 55.0 Å². The van der Waals surface area contributed by atoms with Crippen LogP contribution < -0.4 is 5.32 Å². The van der Waals surface area contributed by atoms with Crippen molar-refractivity contribution < 1.29 is 4.79 Å². The second-order valence-electron chi connectivity index (χ2n) is 5.60. The molecule has 0 spiro atoms. The van der Waals surface area contributed by atoms with Gasteiger partial charge in [0.05, 0.1) is 17.9 Å². The van der Waals surface area contributed by atoms with Crippen LogP contribution in [-0.4, -0.2) is 30.2 Å². The van der Waals surface area contributed by atoms with Crippen LogP contribution in [0.1, 0.15) is 35.8 Å². The van der Waals surface area contributed by atoms with Crippen LogP contribution in [0.3, 0.4) is 0 Å². The molecule has 3 heterocycles. The highest BCUT2D eigenvalue weighted by Gasteiger charge is 2.20. The first-order valence-electron chi connectivity index (χ1n) is 7.60. The number of imidazole rings is 1. The molecule has 1 aliphatic carbocycles. The van der Waals surface area contributed by atoms with Gasteiger partial charge in [-0.25, -0.2) is 9.97 Å². The van der Waals surface area contributed by atoms with Gasteiger partial charge in [-0.1, -0.05) is 6.07 Å². The summed E-state index contributed by atoms with van der Waals surface area (Å²) in [4.78, 5) is 20.7. The molecule has 1 amide bonds. The normalized spacial score (nSPS) is 14.4. The predicted octanol–water partition coefficient (Wildman–Crippen LogP) is 2.44. The summed E-state index contributed by atoms with van der Waals surface area (Å²) >= 11 is 0. The van der Waals surface area contributed by atoms with Crippen molar-refractivity contribution in [2.75, 3.05) is 5.32 Å². The summed E-state index contributed by atoms with van der Waals surface area (Å²) in [6, 6.07) is 5.79. The molecule has 0 aromatic carbocycles. The number of carbonyl (C=O) groups is 1. The number of amides is 1. The van der Waals surface area contributed by atoms with E-state index in [0.29, 0.717) is 23.2 Å². The minimum absolute atomic E-state index is 0.250. The minimum Gasteiger partial charge on any atom is -0.318 e. The van der Waals surface area contributed by atoms with Crippen LogP contribution in [0.25, 0.3) is 5.82 Å². The van der Waals surface area contributed by atoms with Gasteiger partial charge >= 0.3 is 0 Å². The number of pyridine rings is 1. The van der Waals surface area contributed by atoms with Crippen LogP contribution in [0.15, 0.2) is 49.3 Å². The lowest BCUT2D eigenvalue weighted by molar-refractivity contribution is 0.102. The lowest BCUT2D eigenvalue weighted by Crippen LogP contribution is -2.17. The van der Waals surface area contributed by atoms with E-state index in [0.717, 1.165) is 12.8 Å². The Morgan fingerprint density at radius 1 is 1.30 bits per heavy atom. The number of rotatable bonds is 4. The summed E-state index contributed by atoms with van der Waals surface area (Å²) in [6.07, 6.45) is 12.2. The van der Waals surface area contributed by atoms with Crippen molar-refractivity contribution in [2.45, 2.75) is 25.3 Å². The molecular weight excluding hydrogens is 292 g/mol. The number of nitrogens with one attached hydrogen (secondary N) is 1. The van der Waals surface area contributed by atoms with Gasteiger partial charge in [-0.2, -0.15) is 5.10 Å². The van der Waals surface area contributed by atoms with Gasteiger partial charge in [0.25, 0.3) is 5.91 Å². The van der Waals surface area contributed by atoms with Gasteiger partial charge in [0, 0.05) is 18.6 Å². The molecule has 0 bridgehead atoms. The van der Waals surface area contributed by atoms with Crippen LogP contribution in [0.2, 0.25) is 0 Å². The second-order valence-corrected chi connectivity index (χ2v) is 5.60. The maximum absolute atomic E-state index is 12.4. The number of hydrogen-bond donors (Lipinski definition) is 1. The van der Waals surface area contributed by atoms with Crippen molar-refractivity contribution in [2.24, 2.45) is 0 Å². The van der Waals surface area contributed by atoms with Crippen LogP contribution >= 0.6 is 0 Å². The molecule has 0 atom stereocenters. The molecule has 23 heavy (non-hydrogen) atoms. The van der Waals surface area contributed by atoms with Gasteiger partial charge in [-0.05, 0) is 31.4 Å². The molecule has 0 saturated heterocycles. The molecular formula is C16H16N6O. The predicted molar refractivity (Wildman–Crippen MR) is 84.4 cm³/mol. The molecule has 7 heteroatoms. The Morgan fingerprint density at radius 2 is 2.22 bits per heavy atom. The van der Waals surface area contributed by atoms with Crippen LogP contribution in [0.5, 0.6) is 0 Å². The van der Waals surface area contributed by atoms with Crippen LogP contribution in [0.4, 0.5) is 5.69 Å². The fourth-order valence-corrected chi connectivity index (χ4v) is 2.54. The Balaban J connectivity index is 1.50.